The van der Waals surface area contributed by atoms with Gasteiger partial charge in [-0.2, -0.15) is 5.10 Å². The predicted molar refractivity (Wildman–Crippen MR) is 126 cm³/mol. The first-order chi connectivity index (χ1) is 15.1. The van der Waals surface area contributed by atoms with Crippen LogP contribution < -0.4 is 15.4 Å². The summed E-state index contributed by atoms with van der Waals surface area (Å²) >= 11 is 0. The van der Waals surface area contributed by atoms with Gasteiger partial charge in [0.15, 0.2) is 0 Å². The fourth-order valence-corrected chi connectivity index (χ4v) is 5.26. The van der Waals surface area contributed by atoms with Gasteiger partial charge in [-0.25, -0.2) is 4.68 Å². The van der Waals surface area contributed by atoms with Crippen LogP contribution in [0.3, 0.4) is 0 Å². The minimum atomic E-state index is -0.550. The molecule has 2 atom stereocenters. The zero-order chi connectivity index (χ0) is 23.5. The van der Waals surface area contributed by atoms with E-state index in [0.29, 0.717) is 35.8 Å². The molecule has 2 unspecified atom stereocenters. The van der Waals surface area contributed by atoms with E-state index < -0.39 is 5.54 Å². The second-order valence-corrected chi connectivity index (χ2v) is 10.8. The topological polar surface area (TPSA) is 85.2 Å². The Morgan fingerprint density at radius 2 is 1.94 bits per heavy atom. The number of carbonyl (C=O) groups is 2. The van der Waals surface area contributed by atoms with Crippen molar-refractivity contribution in [3.63, 3.8) is 0 Å². The van der Waals surface area contributed by atoms with Gasteiger partial charge in [0.1, 0.15) is 5.56 Å². The third-order valence-electron chi connectivity index (χ3n) is 6.55. The molecule has 1 aromatic heterocycles. The lowest BCUT2D eigenvalue weighted by molar-refractivity contribution is -0.120. The summed E-state index contributed by atoms with van der Waals surface area (Å²) in [5.41, 5.74) is -0.0875. The summed E-state index contributed by atoms with van der Waals surface area (Å²) in [5.74, 6) is 2.41. The monoisotopic (exact) mass is 444 g/mol. The van der Waals surface area contributed by atoms with Gasteiger partial charge in [0, 0.05) is 19.2 Å². The highest BCUT2D eigenvalue weighted by Crippen LogP contribution is 2.42. The standard InChI is InChI=1S/C25H40N4O3/c1-16(2)15-32-24-21(14-26-29(24)11-10-25(5,6)28-18(4)30)23(31)27-22-19-8-7-9-20(22)13-17(3)12-19/h10-11,14,16-17,19-20,22H,7-9,12-13,15H2,1-6H3,(H,27,31)(H,28,30)/b11-10+/t17-,19?,20?,22+. The van der Waals surface area contributed by atoms with E-state index >= 15 is 0 Å². The van der Waals surface area contributed by atoms with Crippen molar-refractivity contribution in [3.8, 4) is 5.88 Å². The molecule has 178 valence electrons. The van der Waals surface area contributed by atoms with Crippen molar-refractivity contribution in [2.75, 3.05) is 6.61 Å². The van der Waals surface area contributed by atoms with Crippen LogP contribution in [0.1, 0.15) is 84.0 Å². The number of hydrogen-bond acceptors (Lipinski definition) is 4. The molecule has 32 heavy (non-hydrogen) atoms. The number of hydrogen-bond donors (Lipinski definition) is 2. The van der Waals surface area contributed by atoms with Crippen molar-refractivity contribution >= 4 is 18.0 Å². The van der Waals surface area contributed by atoms with Gasteiger partial charge in [0.2, 0.25) is 11.8 Å². The van der Waals surface area contributed by atoms with Crippen molar-refractivity contribution in [2.45, 2.75) is 85.2 Å². The van der Waals surface area contributed by atoms with Crippen molar-refractivity contribution < 1.29 is 14.3 Å². The zero-order valence-electron chi connectivity index (χ0n) is 20.5. The maximum atomic E-state index is 13.3. The molecular formula is C25H40N4O3. The Kier molecular flexibility index (Phi) is 7.67. The number of nitrogens with one attached hydrogen (secondary N) is 2. The van der Waals surface area contributed by atoms with Crippen LogP contribution in [0.25, 0.3) is 6.20 Å². The van der Waals surface area contributed by atoms with Crippen LogP contribution in [0.15, 0.2) is 12.3 Å². The van der Waals surface area contributed by atoms with Crippen molar-refractivity contribution in [2.24, 2.45) is 23.7 Å². The number of aromatic nitrogens is 2. The third kappa shape index (κ3) is 6.14. The normalized spacial score (nSPS) is 25.7. The van der Waals surface area contributed by atoms with Gasteiger partial charge in [0.05, 0.1) is 18.3 Å². The Morgan fingerprint density at radius 3 is 2.53 bits per heavy atom. The fraction of sp³-hybridized carbons (Fsp3) is 0.720. The fourth-order valence-electron chi connectivity index (χ4n) is 5.26. The van der Waals surface area contributed by atoms with Gasteiger partial charge in [-0.05, 0) is 69.3 Å². The summed E-state index contributed by atoms with van der Waals surface area (Å²) in [5, 5.41) is 10.6. The van der Waals surface area contributed by atoms with E-state index in [-0.39, 0.29) is 17.9 Å². The molecule has 2 aliphatic carbocycles. The summed E-state index contributed by atoms with van der Waals surface area (Å²) in [6, 6.07) is 0.239. The molecule has 2 bridgehead atoms. The van der Waals surface area contributed by atoms with Crippen LogP contribution in [-0.2, 0) is 4.79 Å². The second-order valence-electron chi connectivity index (χ2n) is 10.8. The number of nitrogens with zero attached hydrogens (tertiary/aromatic N) is 2. The minimum Gasteiger partial charge on any atom is -0.477 e. The molecule has 0 aliphatic heterocycles. The average Bonchev–Trinajstić information content (AvgIpc) is 3.07. The Hall–Kier alpha value is -2.31. The highest BCUT2D eigenvalue weighted by Gasteiger charge is 2.40. The smallest absolute Gasteiger partial charge is 0.258 e. The Morgan fingerprint density at radius 1 is 1.28 bits per heavy atom. The minimum absolute atomic E-state index is 0.108. The van der Waals surface area contributed by atoms with Crippen LogP contribution >= 0.6 is 0 Å². The molecule has 1 heterocycles. The van der Waals surface area contributed by atoms with E-state index in [1.54, 1.807) is 17.1 Å². The molecule has 2 saturated carbocycles. The lowest BCUT2D eigenvalue weighted by Gasteiger charge is -2.45. The first kappa shape index (κ1) is 24.3. The maximum Gasteiger partial charge on any atom is 0.258 e. The second kappa shape index (κ2) is 10.1. The van der Waals surface area contributed by atoms with E-state index in [1.807, 2.05) is 19.9 Å². The van der Waals surface area contributed by atoms with E-state index in [4.69, 9.17) is 4.74 Å². The summed E-state index contributed by atoms with van der Waals surface area (Å²) in [4.78, 5) is 24.8. The van der Waals surface area contributed by atoms with Crippen molar-refractivity contribution in [1.29, 1.82) is 0 Å². The highest BCUT2D eigenvalue weighted by atomic mass is 16.5. The maximum absolute atomic E-state index is 13.3. The number of carbonyl (C=O) groups excluding carboxylic acids is 2. The van der Waals surface area contributed by atoms with E-state index in [2.05, 4.69) is 36.5 Å². The van der Waals surface area contributed by atoms with Gasteiger partial charge in [-0.1, -0.05) is 27.2 Å². The number of ether oxygens (including phenoxy) is 1. The highest BCUT2D eigenvalue weighted by molar-refractivity contribution is 5.96. The molecular weight excluding hydrogens is 404 g/mol. The molecule has 2 amide bonds. The predicted octanol–water partition coefficient (Wildman–Crippen LogP) is 4.25. The molecule has 0 aromatic carbocycles. The zero-order valence-corrected chi connectivity index (χ0v) is 20.5. The molecule has 7 heteroatoms. The van der Waals surface area contributed by atoms with Crippen molar-refractivity contribution in [3.05, 3.63) is 17.8 Å². The quantitative estimate of drug-likeness (QED) is 0.628. The lowest BCUT2D eigenvalue weighted by atomic mass is 9.65. The van der Waals surface area contributed by atoms with Crippen LogP contribution in [0, 0.1) is 23.7 Å². The Labute approximate surface area is 192 Å². The number of fused-ring (bicyclic) bond motifs is 2. The van der Waals surface area contributed by atoms with Gasteiger partial charge >= 0.3 is 0 Å². The first-order valence-corrected chi connectivity index (χ1v) is 12.0. The Bertz CT molecular complexity index is 828. The van der Waals surface area contributed by atoms with Crippen LogP contribution in [-0.4, -0.2) is 39.8 Å². The van der Waals surface area contributed by atoms with Gasteiger partial charge in [-0.3, -0.25) is 9.59 Å². The van der Waals surface area contributed by atoms with Gasteiger partial charge in [-0.15, -0.1) is 0 Å². The summed E-state index contributed by atoms with van der Waals surface area (Å²) in [6.45, 7) is 12.3. The molecule has 0 spiro atoms. The molecule has 2 N–H and O–H groups in total. The summed E-state index contributed by atoms with van der Waals surface area (Å²) < 4.78 is 7.63. The molecule has 7 nitrogen and oxygen atoms in total. The summed E-state index contributed by atoms with van der Waals surface area (Å²) in [7, 11) is 0. The number of amides is 2. The molecule has 0 radical (unpaired) electrons. The molecule has 0 saturated heterocycles. The lowest BCUT2D eigenvalue weighted by Crippen LogP contribution is -2.51. The van der Waals surface area contributed by atoms with Crippen LogP contribution in [0.2, 0.25) is 0 Å². The third-order valence-corrected chi connectivity index (χ3v) is 6.55. The van der Waals surface area contributed by atoms with Gasteiger partial charge < -0.3 is 15.4 Å². The SMILES string of the molecule is CC(=O)NC(C)(C)/C=C/n1ncc(C(=O)N[C@H]2C3CCCC2C[C@H](C)C3)c1OCC(C)C. The van der Waals surface area contributed by atoms with Crippen molar-refractivity contribution in [1.82, 2.24) is 20.4 Å². The van der Waals surface area contributed by atoms with E-state index in [9.17, 15) is 9.59 Å². The Balaban J connectivity index is 1.80. The first-order valence-electron chi connectivity index (χ1n) is 12.0. The van der Waals surface area contributed by atoms with Crippen LogP contribution in [0.4, 0.5) is 0 Å². The largest absolute Gasteiger partial charge is 0.477 e. The average molecular weight is 445 g/mol. The van der Waals surface area contributed by atoms with Crippen LogP contribution in [0.5, 0.6) is 5.88 Å². The van der Waals surface area contributed by atoms with E-state index in [0.717, 1.165) is 5.92 Å². The molecule has 2 fully saturated rings. The molecule has 3 rings (SSSR count). The van der Waals surface area contributed by atoms with E-state index in [1.165, 1.54) is 39.0 Å². The number of rotatable bonds is 8. The molecule has 2 aliphatic rings. The summed E-state index contributed by atoms with van der Waals surface area (Å²) in [6.07, 6.45) is 11.2. The van der Waals surface area contributed by atoms with Gasteiger partial charge in [0.25, 0.3) is 5.91 Å². The molecule has 1 aromatic rings.